The molecule has 0 saturated heterocycles. The molecule has 6 heteroatoms. The maximum Gasteiger partial charge on any atom is 0.275 e. The number of para-hydroxylation sites is 2. The van der Waals surface area contributed by atoms with E-state index in [0.29, 0.717) is 11.3 Å². The Balaban J connectivity index is 1.53. The Morgan fingerprint density at radius 3 is 2.61 bits per heavy atom. The number of carbonyl (C=O) groups excluding carboxylic acids is 1. The van der Waals surface area contributed by atoms with Gasteiger partial charge < -0.3 is 10.1 Å². The zero-order valence-electron chi connectivity index (χ0n) is 15.5. The van der Waals surface area contributed by atoms with Crippen LogP contribution in [0.5, 0.6) is 5.75 Å². The minimum absolute atomic E-state index is 0.308. The molecule has 0 spiro atoms. The van der Waals surface area contributed by atoms with Gasteiger partial charge in [0.15, 0.2) is 0 Å². The number of hydrazone groups is 1. The summed E-state index contributed by atoms with van der Waals surface area (Å²) in [7, 11) is 1.54. The van der Waals surface area contributed by atoms with Crippen LogP contribution in [0.4, 0.5) is 11.4 Å². The first kappa shape index (κ1) is 18.1. The summed E-state index contributed by atoms with van der Waals surface area (Å²) in [6.45, 7) is 1.87. The van der Waals surface area contributed by atoms with E-state index in [1.165, 1.54) is 12.0 Å². The Labute approximate surface area is 167 Å². The molecule has 5 nitrogen and oxygen atoms in total. The molecule has 1 amide bonds. The zero-order valence-corrected chi connectivity index (χ0v) is 16.3. The van der Waals surface area contributed by atoms with Gasteiger partial charge in [-0.2, -0.15) is 5.10 Å². The lowest BCUT2D eigenvalue weighted by Gasteiger charge is -2.21. The number of ether oxygens (including phenoxy) is 1. The Hall–Kier alpha value is -3.25. The van der Waals surface area contributed by atoms with Crippen LogP contribution in [0.3, 0.4) is 0 Å². The summed E-state index contributed by atoms with van der Waals surface area (Å²) in [6.07, 6.45) is 0. The van der Waals surface area contributed by atoms with Crippen molar-refractivity contribution in [2.24, 2.45) is 5.10 Å². The molecule has 1 heterocycles. The Morgan fingerprint density at radius 2 is 1.75 bits per heavy atom. The van der Waals surface area contributed by atoms with Crippen molar-refractivity contribution in [3.05, 3.63) is 77.9 Å². The first-order valence-corrected chi connectivity index (χ1v) is 9.63. The SMILES string of the molecule is COc1ccccc1C(=O)NN=C(C)c1ccc2c(c1)Nc1ccccc1S2. The Bertz CT molecular complexity index is 1080. The van der Waals surface area contributed by atoms with Crippen molar-refractivity contribution >= 4 is 34.8 Å². The molecule has 0 aromatic heterocycles. The highest BCUT2D eigenvalue weighted by Gasteiger charge is 2.16. The number of amides is 1. The molecule has 28 heavy (non-hydrogen) atoms. The summed E-state index contributed by atoms with van der Waals surface area (Å²) in [5.74, 6) is 0.207. The molecule has 0 unspecified atom stereocenters. The number of methoxy groups -OCH3 is 1. The maximum atomic E-state index is 12.4. The van der Waals surface area contributed by atoms with Gasteiger partial charge in [0.25, 0.3) is 5.91 Å². The number of hydrogen-bond donors (Lipinski definition) is 2. The van der Waals surface area contributed by atoms with Gasteiger partial charge >= 0.3 is 0 Å². The van der Waals surface area contributed by atoms with Crippen molar-refractivity contribution in [3.63, 3.8) is 0 Å². The summed E-state index contributed by atoms with van der Waals surface area (Å²) in [4.78, 5) is 14.8. The third-order valence-corrected chi connectivity index (χ3v) is 5.60. The predicted octanol–water partition coefficient (Wildman–Crippen LogP) is 5.06. The quantitative estimate of drug-likeness (QED) is 0.378. The third kappa shape index (κ3) is 3.59. The minimum atomic E-state index is -0.308. The molecule has 140 valence electrons. The maximum absolute atomic E-state index is 12.4. The molecule has 0 aliphatic carbocycles. The normalized spacial score (nSPS) is 12.4. The summed E-state index contributed by atoms with van der Waals surface area (Å²) >= 11 is 1.74. The number of benzene rings is 3. The van der Waals surface area contributed by atoms with Crippen molar-refractivity contribution < 1.29 is 9.53 Å². The monoisotopic (exact) mass is 389 g/mol. The van der Waals surface area contributed by atoms with Crippen LogP contribution < -0.4 is 15.5 Å². The number of rotatable bonds is 4. The van der Waals surface area contributed by atoms with Crippen LogP contribution in [0.25, 0.3) is 0 Å². The highest BCUT2D eigenvalue weighted by atomic mass is 32.2. The fourth-order valence-electron chi connectivity index (χ4n) is 2.96. The van der Waals surface area contributed by atoms with Crippen LogP contribution in [0.2, 0.25) is 0 Å². The molecule has 0 radical (unpaired) electrons. The van der Waals surface area contributed by atoms with Crippen LogP contribution in [0.1, 0.15) is 22.8 Å². The van der Waals surface area contributed by atoms with Gasteiger partial charge in [0.1, 0.15) is 5.75 Å². The second-order valence-electron chi connectivity index (χ2n) is 6.27. The van der Waals surface area contributed by atoms with E-state index in [1.54, 1.807) is 30.0 Å². The van der Waals surface area contributed by atoms with E-state index >= 15 is 0 Å². The van der Waals surface area contributed by atoms with E-state index in [9.17, 15) is 4.79 Å². The zero-order chi connectivity index (χ0) is 19.5. The number of anilines is 2. The molecule has 1 aliphatic heterocycles. The van der Waals surface area contributed by atoms with E-state index in [4.69, 9.17) is 4.74 Å². The van der Waals surface area contributed by atoms with Crippen molar-refractivity contribution in [3.8, 4) is 5.75 Å². The first-order valence-electron chi connectivity index (χ1n) is 8.81. The molecule has 2 N–H and O–H groups in total. The fourth-order valence-corrected chi connectivity index (χ4v) is 3.92. The van der Waals surface area contributed by atoms with Crippen molar-refractivity contribution in [1.29, 1.82) is 0 Å². The number of nitrogens with one attached hydrogen (secondary N) is 2. The molecular weight excluding hydrogens is 370 g/mol. The van der Waals surface area contributed by atoms with Gasteiger partial charge in [-0.05, 0) is 48.9 Å². The lowest BCUT2D eigenvalue weighted by atomic mass is 10.1. The number of carbonyl (C=O) groups is 1. The van der Waals surface area contributed by atoms with E-state index < -0.39 is 0 Å². The summed E-state index contributed by atoms with van der Waals surface area (Å²) < 4.78 is 5.23. The minimum Gasteiger partial charge on any atom is -0.496 e. The summed E-state index contributed by atoms with van der Waals surface area (Å²) in [5.41, 5.74) is 6.84. The molecule has 3 aromatic carbocycles. The molecule has 1 aliphatic rings. The largest absolute Gasteiger partial charge is 0.496 e. The molecule has 0 saturated carbocycles. The van der Waals surface area contributed by atoms with Gasteiger partial charge in [-0.3, -0.25) is 4.79 Å². The lowest BCUT2D eigenvalue weighted by molar-refractivity contribution is 0.0952. The van der Waals surface area contributed by atoms with E-state index in [-0.39, 0.29) is 5.91 Å². The second-order valence-corrected chi connectivity index (χ2v) is 7.36. The Morgan fingerprint density at radius 1 is 1.00 bits per heavy atom. The molecule has 0 bridgehead atoms. The predicted molar refractivity (Wildman–Crippen MR) is 113 cm³/mol. The second kappa shape index (κ2) is 7.78. The smallest absolute Gasteiger partial charge is 0.275 e. The highest BCUT2D eigenvalue weighted by Crippen LogP contribution is 2.44. The third-order valence-electron chi connectivity index (χ3n) is 4.45. The molecular formula is C22H19N3O2S. The van der Waals surface area contributed by atoms with Crippen molar-refractivity contribution in [1.82, 2.24) is 5.43 Å². The summed E-state index contributed by atoms with van der Waals surface area (Å²) in [5, 5.41) is 7.73. The molecule has 4 rings (SSSR count). The molecule has 0 fully saturated rings. The topological polar surface area (TPSA) is 62.7 Å². The molecule has 0 atom stereocenters. The average molecular weight is 389 g/mol. The highest BCUT2D eigenvalue weighted by molar-refractivity contribution is 7.99. The van der Waals surface area contributed by atoms with Crippen LogP contribution in [-0.2, 0) is 0 Å². The van der Waals surface area contributed by atoms with Gasteiger partial charge in [-0.25, -0.2) is 5.43 Å². The number of nitrogens with zero attached hydrogens (tertiary/aromatic N) is 1. The van der Waals surface area contributed by atoms with Crippen LogP contribution in [-0.4, -0.2) is 18.7 Å². The molecule has 3 aromatic rings. The van der Waals surface area contributed by atoms with Crippen LogP contribution >= 0.6 is 11.8 Å². The number of fused-ring (bicyclic) bond motifs is 2. The first-order chi connectivity index (χ1) is 13.7. The van der Waals surface area contributed by atoms with Gasteiger partial charge in [0.2, 0.25) is 0 Å². The lowest BCUT2D eigenvalue weighted by Crippen LogP contribution is -2.20. The van der Waals surface area contributed by atoms with Crippen molar-refractivity contribution in [2.45, 2.75) is 16.7 Å². The van der Waals surface area contributed by atoms with Gasteiger partial charge in [-0.15, -0.1) is 0 Å². The van der Waals surface area contributed by atoms with Crippen LogP contribution in [0.15, 0.2) is 81.6 Å². The van der Waals surface area contributed by atoms with E-state index in [1.807, 2.05) is 37.3 Å². The number of hydrogen-bond acceptors (Lipinski definition) is 5. The van der Waals surface area contributed by atoms with Crippen molar-refractivity contribution in [2.75, 3.05) is 12.4 Å². The van der Waals surface area contributed by atoms with E-state index in [2.05, 4.69) is 34.0 Å². The van der Waals surface area contributed by atoms with E-state index in [0.717, 1.165) is 27.5 Å². The standard InChI is InChI=1S/C22H19N3O2S/c1-14(24-25-22(26)16-7-3-5-9-19(16)27-2)15-11-12-21-18(13-15)23-17-8-4-6-10-20(17)28-21/h3-13,23H,1-2H3,(H,25,26). The fraction of sp³-hybridized carbons (Fsp3) is 0.0909. The summed E-state index contributed by atoms with van der Waals surface area (Å²) in [6, 6.07) is 21.4. The Kier molecular flexibility index (Phi) is 5.04. The average Bonchev–Trinajstić information content (AvgIpc) is 2.75. The van der Waals surface area contributed by atoms with Crippen LogP contribution in [0, 0.1) is 0 Å². The van der Waals surface area contributed by atoms with Gasteiger partial charge in [0, 0.05) is 9.79 Å². The van der Waals surface area contributed by atoms with Gasteiger partial charge in [0.05, 0.1) is 29.8 Å². The van der Waals surface area contributed by atoms with Gasteiger partial charge in [-0.1, -0.05) is 42.1 Å².